The maximum Gasteiger partial charge on any atom is 0.226 e. The molecule has 4 heteroatoms. The first-order valence-electron chi connectivity index (χ1n) is 8.99. The van der Waals surface area contributed by atoms with Crippen molar-refractivity contribution < 1.29 is 14.3 Å². The van der Waals surface area contributed by atoms with E-state index in [1.807, 2.05) is 77.1 Å². The van der Waals surface area contributed by atoms with E-state index in [0.717, 1.165) is 33.9 Å². The van der Waals surface area contributed by atoms with E-state index < -0.39 is 0 Å². The molecule has 1 aromatic heterocycles. The molecule has 138 valence electrons. The minimum Gasteiger partial charge on any atom is -0.507 e. The summed E-state index contributed by atoms with van der Waals surface area (Å²) in [6, 6.07) is 13.5. The summed E-state index contributed by atoms with van der Waals surface area (Å²) >= 11 is 0. The van der Waals surface area contributed by atoms with Gasteiger partial charge in [-0.2, -0.15) is 0 Å². The van der Waals surface area contributed by atoms with Gasteiger partial charge in [0.05, 0.1) is 12.3 Å². The second kappa shape index (κ2) is 9.09. The Kier molecular flexibility index (Phi) is 6.84. The molecule has 0 aliphatic rings. The van der Waals surface area contributed by atoms with Crippen molar-refractivity contribution in [3.63, 3.8) is 0 Å². The number of hydrogen-bond donors (Lipinski definition) is 1. The normalized spacial score (nSPS) is 10.2. The van der Waals surface area contributed by atoms with Crippen molar-refractivity contribution in [1.82, 2.24) is 4.98 Å². The van der Waals surface area contributed by atoms with Crippen LogP contribution in [0.2, 0.25) is 0 Å². The Labute approximate surface area is 155 Å². The summed E-state index contributed by atoms with van der Waals surface area (Å²) < 4.78 is 11.5. The van der Waals surface area contributed by atoms with Crippen LogP contribution in [0, 0.1) is 20.8 Å². The van der Waals surface area contributed by atoms with Crippen LogP contribution < -0.4 is 4.74 Å². The highest BCUT2D eigenvalue weighted by Gasteiger charge is 2.13. The Morgan fingerprint density at radius 3 is 2.23 bits per heavy atom. The molecule has 3 aromatic rings. The van der Waals surface area contributed by atoms with E-state index in [-0.39, 0.29) is 0 Å². The number of benzene rings is 2. The van der Waals surface area contributed by atoms with E-state index in [0.29, 0.717) is 24.7 Å². The van der Waals surface area contributed by atoms with E-state index in [1.165, 1.54) is 0 Å². The Hall–Kier alpha value is -2.75. The van der Waals surface area contributed by atoms with Crippen molar-refractivity contribution in [2.45, 2.75) is 41.0 Å². The topological polar surface area (TPSA) is 55.5 Å². The molecule has 26 heavy (non-hydrogen) atoms. The number of aromatic hydroxyl groups is 1. The van der Waals surface area contributed by atoms with Crippen LogP contribution in [0.1, 0.15) is 36.4 Å². The largest absolute Gasteiger partial charge is 0.507 e. The Bertz CT molecular complexity index is 815. The van der Waals surface area contributed by atoms with Gasteiger partial charge in [-0.15, -0.1) is 0 Å². The molecule has 1 N–H and O–H groups in total. The molecule has 0 saturated carbocycles. The van der Waals surface area contributed by atoms with Crippen LogP contribution in [-0.4, -0.2) is 16.7 Å². The highest BCUT2D eigenvalue weighted by atomic mass is 16.5. The van der Waals surface area contributed by atoms with Crippen molar-refractivity contribution in [1.29, 1.82) is 0 Å². The van der Waals surface area contributed by atoms with E-state index in [9.17, 15) is 5.11 Å². The van der Waals surface area contributed by atoms with Gasteiger partial charge in [0, 0.05) is 12.0 Å². The second-order valence-corrected chi connectivity index (χ2v) is 5.89. The predicted octanol–water partition coefficient (Wildman–Crippen LogP) is 5.62. The molecule has 0 saturated heterocycles. The quantitative estimate of drug-likeness (QED) is 0.647. The lowest BCUT2D eigenvalue weighted by atomic mass is 10.1. The number of para-hydroxylation sites is 1. The first-order valence-corrected chi connectivity index (χ1v) is 8.99. The van der Waals surface area contributed by atoms with Gasteiger partial charge in [-0.05, 0) is 56.2 Å². The third-order valence-corrected chi connectivity index (χ3v) is 3.98. The summed E-state index contributed by atoms with van der Waals surface area (Å²) in [4.78, 5) is 4.59. The molecule has 0 aliphatic heterocycles. The maximum absolute atomic E-state index is 9.89. The van der Waals surface area contributed by atoms with Crippen LogP contribution in [0.3, 0.4) is 0 Å². The summed E-state index contributed by atoms with van der Waals surface area (Å²) in [6.45, 7) is 10.2. The molecule has 0 unspecified atom stereocenters. The molecule has 0 atom stereocenters. The van der Waals surface area contributed by atoms with Crippen LogP contribution in [0.15, 0.2) is 46.9 Å². The number of aromatic nitrogens is 1. The fourth-order valence-corrected chi connectivity index (χ4v) is 2.65. The van der Waals surface area contributed by atoms with Gasteiger partial charge >= 0.3 is 0 Å². The number of aryl methyl sites for hydroxylation is 3. The van der Waals surface area contributed by atoms with E-state index in [4.69, 9.17) is 9.15 Å². The molecule has 4 nitrogen and oxygen atoms in total. The fraction of sp³-hybridized carbons (Fsp3) is 0.318. The Balaban J connectivity index is 0.00000117. The van der Waals surface area contributed by atoms with Crippen LogP contribution >= 0.6 is 0 Å². The standard InChI is InChI=1S/C20H21NO3.C2H6/c1-13-11-16(12-14(2)19(13)22)20-21-18(15(3)24-20)9-10-23-17-7-5-4-6-8-17;1-2/h4-8,11-12,22H,9-10H2,1-3H3;1-2H3. The van der Waals surface area contributed by atoms with Gasteiger partial charge in [0.25, 0.3) is 0 Å². The van der Waals surface area contributed by atoms with E-state index >= 15 is 0 Å². The van der Waals surface area contributed by atoms with Crippen molar-refractivity contribution in [3.05, 3.63) is 65.0 Å². The number of phenols is 1. The lowest BCUT2D eigenvalue weighted by Gasteiger charge is -2.05. The van der Waals surface area contributed by atoms with Crippen molar-refractivity contribution in [2.24, 2.45) is 0 Å². The summed E-state index contributed by atoms with van der Waals surface area (Å²) in [5.74, 6) is 2.54. The molecule has 0 amide bonds. The summed E-state index contributed by atoms with van der Waals surface area (Å²) in [7, 11) is 0. The molecule has 0 fully saturated rings. The minimum absolute atomic E-state index is 0.318. The lowest BCUT2D eigenvalue weighted by molar-refractivity contribution is 0.320. The zero-order valence-electron chi connectivity index (χ0n) is 16.2. The molecule has 0 aliphatic carbocycles. The van der Waals surface area contributed by atoms with Crippen molar-refractivity contribution in [2.75, 3.05) is 6.61 Å². The number of nitrogens with zero attached hydrogens (tertiary/aromatic N) is 1. The molecule has 0 bridgehead atoms. The van der Waals surface area contributed by atoms with Gasteiger partial charge in [0.2, 0.25) is 5.89 Å². The third-order valence-electron chi connectivity index (χ3n) is 3.98. The third kappa shape index (κ3) is 4.66. The van der Waals surface area contributed by atoms with Crippen LogP contribution in [0.25, 0.3) is 11.5 Å². The monoisotopic (exact) mass is 353 g/mol. The lowest BCUT2D eigenvalue weighted by Crippen LogP contribution is -2.02. The SMILES string of the molecule is CC.Cc1cc(-c2nc(CCOc3ccccc3)c(C)o2)cc(C)c1O. The first-order chi connectivity index (χ1) is 12.5. The van der Waals surface area contributed by atoms with Crippen molar-refractivity contribution >= 4 is 0 Å². The summed E-state index contributed by atoms with van der Waals surface area (Å²) in [5.41, 5.74) is 3.40. The average molecular weight is 353 g/mol. The highest BCUT2D eigenvalue weighted by Crippen LogP contribution is 2.29. The van der Waals surface area contributed by atoms with Gasteiger partial charge < -0.3 is 14.3 Å². The number of oxazole rings is 1. The smallest absolute Gasteiger partial charge is 0.226 e. The van der Waals surface area contributed by atoms with Gasteiger partial charge in [-0.1, -0.05) is 32.0 Å². The van der Waals surface area contributed by atoms with E-state index in [1.54, 1.807) is 0 Å². The zero-order chi connectivity index (χ0) is 19.1. The predicted molar refractivity (Wildman–Crippen MR) is 105 cm³/mol. The highest BCUT2D eigenvalue weighted by molar-refractivity contribution is 5.60. The number of phenolic OH excluding ortho intramolecular Hbond substituents is 1. The molecule has 3 rings (SSSR count). The molecular formula is C22H27NO3. The average Bonchev–Trinajstić information content (AvgIpc) is 3.03. The Morgan fingerprint density at radius 2 is 1.62 bits per heavy atom. The zero-order valence-corrected chi connectivity index (χ0v) is 16.2. The number of rotatable bonds is 5. The van der Waals surface area contributed by atoms with Gasteiger partial charge in [-0.3, -0.25) is 0 Å². The minimum atomic E-state index is 0.318. The molecule has 0 spiro atoms. The molecule has 2 aromatic carbocycles. The first kappa shape index (κ1) is 19.6. The maximum atomic E-state index is 9.89. The van der Waals surface area contributed by atoms with E-state index in [2.05, 4.69) is 4.98 Å². The molecule has 0 radical (unpaired) electrons. The molecular weight excluding hydrogens is 326 g/mol. The van der Waals surface area contributed by atoms with Gasteiger partial charge in [0.15, 0.2) is 0 Å². The van der Waals surface area contributed by atoms with Crippen molar-refractivity contribution in [3.8, 4) is 23.0 Å². The van der Waals surface area contributed by atoms with Gasteiger partial charge in [-0.25, -0.2) is 4.98 Å². The van der Waals surface area contributed by atoms with Crippen LogP contribution in [0.4, 0.5) is 0 Å². The number of ether oxygens (including phenoxy) is 1. The van der Waals surface area contributed by atoms with Crippen LogP contribution in [0.5, 0.6) is 11.5 Å². The fourth-order valence-electron chi connectivity index (χ4n) is 2.65. The molecule has 1 heterocycles. The van der Waals surface area contributed by atoms with Crippen LogP contribution in [-0.2, 0) is 6.42 Å². The number of hydrogen-bond acceptors (Lipinski definition) is 4. The summed E-state index contributed by atoms with van der Waals surface area (Å²) in [5, 5.41) is 9.89. The summed E-state index contributed by atoms with van der Waals surface area (Å²) in [6.07, 6.45) is 0.681. The second-order valence-electron chi connectivity index (χ2n) is 5.89. The Morgan fingerprint density at radius 1 is 1.00 bits per heavy atom. The van der Waals surface area contributed by atoms with Gasteiger partial charge in [0.1, 0.15) is 17.3 Å².